The van der Waals surface area contributed by atoms with E-state index in [9.17, 15) is 4.79 Å². The van der Waals surface area contributed by atoms with Crippen LogP contribution in [0.2, 0.25) is 0 Å². The summed E-state index contributed by atoms with van der Waals surface area (Å²) in [6.07, 6.45) is 6.41. The van der Waals surface area contributed by atoms with Crippen LogP contribution in [0.15, 0.2) is 30.5 Å². The zero-order valence-electron chi connectivity index (χ0n) is 19.8. The number of hydrogen-bond donors (Lipinski definition) is 2. The average Bonchev–Trinajstić information content (AvgIpc) is 3.33. The predicted octanol–water partition coefficient (Wildman–Crippen LogP) is 3.58. The van der Waals surface area contributed by atoms with Gasteiger partial charge in [-0.25, -0.2) is 4.98 Å². The first-order valence-electron chi connectivity index (χ1n) is 12.1. The lowest BCUT2D eigenvalue weighted by molar-refractivity contribution is -0.114. The van der Waals surface area contributed by atoms with Crippen LogP contribution in [0.25, 0.3) is 11.3 Å². The molecule has 33 heavy (non-hydrogen) atoms. The zero-order chi connectivity index (χ0) is 23.0. The summed E-state index contributed by atoms with van der Waals surface area (Å²) in [6, 6.07) is 8.76. The van der Waals surface area contributed by atoms with Crippen LogP contribution in [0.4, 0.5) is 11.6 Å². The first-order valence-corrected chi connectivity index (χ1v) is 12.1. The van der Waals surface area contributed by atoms with Crippen molar-refractivity contribution in [1.82, 2.24) is 20.1 Å². The average molecular weight is 451 g/mol. The van der Waals surface area contributed by atoms with E-state index in [1.807, 2.05) is 18.2 Å². The van der Waals surface area contributed by atoms with E-state index in [2.05, 4.69) is 44.6 Å². The highest BCUT2D eigenvalue weighted by Gasteiger charge is 2.44. The molecule has 1 aliphatic carbocycles. The number of carbonyl (C=O) groups excluding carboxylic acids is 1. The minimum Gasteiger partial charge on any atom is -0.375 e. The number of anilines is 2. The summed E-state index contributed by atoms with van der Waals surface area (Å²) in [6.45, 7) is 9.23. The van der Waals surface area contributed by atoms with E-state index < -0.39 is 0 Å². The largest absolute Gasteiger partial charge is 0.375 e. The minimum absolute atomic E-state index is 0.0130. The Morgan fingerprint density at radius 1 is 1.09 bits per heavy atom. The Morgan fingerprint density at radius 2 is 1.85 bits per heavy atom. The van der Waals surface area contributed by atoms with Gasteiger partial charge < -0.3 is 15.4 Å². The third kappa shape index (κ3) is 5.17. The molecule has 1 saturated carbocycles. The van der Waals surface area contributed by atoms with Gasteiger partial charge in [-0.15, -0.1) is 10.2 Å². The molecule has 4 atom stereocenters. The fraction of sp³-hybridized carbons (Fsp3) is 0.600. The second kappa shape index (κ2) is 8.99. The summed E-state index contributed by atoms with van der Waals surface area (Å²) in [5.74, 6) is 2.77. The second-order valence-corrected chi connectivity index (χ2v) is 10.5. The van der Waals surface area contributed by atoms with Crippen LogP contribution in [0.3, 0.4) is 0 Å². The number of nitrogens with one attached hydrogen (secondary N) is 2. The molecular formula is C25H34N6O2. The number of nitrogens with zero attached hydrogens (tertiary/aromatic N) is 4. The van der Waals surface area contributed by atoms with Crippen LogP contribution >= 0.6 is 0 Å². The van der Waals surface area contributed by atoms with Gasteiger partial charge in [0.15, 0.2) is 0 Å². The molecule has 3 fully saturated rings. The van der Waals surface area contributed by atoms with Crippen LogP contribution in [-0.4, -0.2) is 63.4 Å². The van der Waals surface area contributed by atoms with E-state index in [0.29, 0.717) is 17.9 Å². The first-order chi connectivity index (χ1) is 15.8. The monoisotopic (exact) mass is 450 g/mol. The van der Waals surface area contributed by atoms with Gasteiger partial charge in [0.1, 0.15) is 11.6 Å². The van der Waals surface area contributed by atoms with Crippen molar-refractivity contribution in [3.8, 4) is 11.3 Å². The minimum atomic E-state index is -0.137. The molecule has 2 aromatic heterocycles. The molecule has 0 bridgehead atoms. The first kappa shape index (κ1) is 22.2. The topological polar surface area (TPSA) is 92.3 Å². The number of fused-ring (bicyclic) bond motifs is 1. The van der Waals surface area contributed by atoms with Crippen molar-refractivity contribution in [1.29, 1.82) is 0 Å². The van der Waals surface area contributed by atoms with Crippen molar-refractivity contribution in [2.75, 3.05) is 30.3 Å². The van der Waals surface area contributed by atoms with Gasteiger partial charge in [-0.1, -0.05) is 0 Å². The van der Waals surface area contributed by atoms with E-state index >= 15 is 0 Å². The fourth-order valence-electron chi connectivity index (χ4n) is 5.84. The van der Waals surface area contributed by atoms with E-state index in [4.69, 9.17) is 4.74 Å². The van der Waals surface area contributed by atoms with Gasteiger partial charge in [0, 0.05) is 50.5 Å². The quantitative estimate of drug-likeness (QED) is 0.719. The Labute approximate surface area is 195 Å². The normalized spacial score (nSPS) is 28.9. The Balaban J connectivity index is 1.13. The number of pyridine rings is 1. The van der Waals surface area contributed by atoms with Crippen molar-refractivity contribution in [3.63, 3.8) is 0 Å². The standard InChI is InChI=1S/C25H34N6O2/c1-16(32)27-23-6-4-17(13-26-23)22-5-7-24(30-29-22)28-20-10-18-14-31(15-19(18)11-20)21-8-9-33-25(2,3)12-21/h4-7,13,18-21H,8-12,14-15H2,1-3H3,(H,28,30)(H,26,27,32)/t18-,19+,20-,21?. The summed E-state index contributed by atoms with van der Waals surface area (Å²) in [4.78, 5) is 18.1. The molecule has 4 heterocycles. The molecule has 2 aliphatic heterocycles. The third-order valence-corrected chi connectivity index (χ3v) is 7.35. The lowest BCUT2D eigenvalue weighted by atomic mass is 9.93. The van der Waals surface area contributed by atoms with Crippen LogP contribution < -0.4 is 10.6 Å². The van der Waals surface area contributed by atoms with Crippen molar-refractivity contribution in [3.05, 3.63) is 30.5 Å². The maximum absolute atomic E-state index is 11.1. The van der Waals surface area contributed by atoms with Gasteiger partial charge in [0.05, 0.1) is 11.3 Å². The van der Waals surface area contributed by atoms with E-state index in [1.165, 1.54) is 32.9 Å². The van der Waals surface area contributed by atoms with E-state index in [-0.39, 0.29) is 11.5 Å². The zero-order valence-corrected chi connectivity index (χ0v) is 19.8. The molecule has 5 rings (SSSR count). The summed E-state index contributed by atoms with van der Waals surface area (Å²) in [5, 5.41) is 15.1. The summed E-state index contributed by atoms with van der Waals surface area (Å²) in [7, 11) is 0. The second-order valence-electron chi connectivity index (χ2n) is 10.5. The van der Waals surface area contributed by atoms with E-state index in [0.717, 1.165) is 48.4 Å². The molecule has 8 nitrogen and oxygen atoms in total. The molecule has 3 aliphatic rings. The fourth-order valence-corrected chi connectivity index (χ4v) is 5.84. The third-order valence-electron chi connectivity index (χ3n) is 7.35. The summed E-state index contributed by atoms with van der Waals surface area (Å²) in [5.41, 5.74) is 1.65. The number of amides is 1. The number of ether oxygens (including phenoxy) is 1. The highest BCUT2D eigenvalue weighted by Crippen LogP contribution is 2.41. The molecule has 0 spiro atoms. The van der Waals surface area contributed by atoms with Gasteiger partial charge >= 0.3 is 0 Å². The number of rotatable bonds is 5. The Bertz CT molecular complexity index is 963. The molecule has 0 radical (unpaired) electrons. The predicted molar refractivity (Wildman–Crippen MR) is 128 cm³/mol. The molecule has 2 saturated heterocycles. The van der Waals surface area contributed by atoms with Gasteiger partial charge in [-0.2, -0.15) is 0 Å². The maximum atomic E-state index is 11.1. The highest BCUT2D eigenvalue weighted by atomic mass is 16.5. The SMILES string of the molecule is CC(=O)Nc1ccc(-c2ccc(N[C@@H]3C[C@@H]4CN(C5CCOC(C)(C)C5)C[C@@H]4C3)nn2)cn1. The molecule has 1 unspecified atom stereocenters. The van der Waals surface area contributed by atoms with Crippen LogP contribution in [0, 0.1) is 11.8 Å². The van der Waals surface area contributed by atoms with Gasteiger partial charge in [0.25, 0.3) is 0 Å². The molecule has 8 heteroatoms. The highest BCUT2D eigenvalue weighted by molar-refractivity contribution is 5.87. The molecule has 1 amide bonds. The lowest BCUT2D eigenvalue weighted by Gasteiger charge is -2.40. The van der Waals surface area contributed by atoms with E-state index in [1.54, 1.807) is 12.3 Å². The number of likely N-dealkylation sites (tertiary alicyclic amines) is 1. The van der Waals surface area contributed by atoms with Crippen molar-refractivity contribution >= 4 is 17.5 Å². The summed E-state index contributed by atoms with van der Waals surface area (Å²) >= 11 is 0. The van der Waals surface area contributed by atoms with Crippen molar-refractivity contribution < 1.29 is 9.53 Å². The summed E-state index contributed by atoms with van der Waals surface area (Å²) < 4.78 is 5.92. The number of carbonyl (C=O) groups is 1. The maximum Gasteiger partial charge on any atom is 0.222 e. The van der Waals surface area contributed by atoms with Gasteiger partial charge in [0.2, 0.25) is 5.91 Å². The molecule has 176 valence electrons. The van der Waals surface area contributed by atoms with Crippen LogP contribution in [-0.2, 0) is 9.53 Å². The molecule has 2 aromatic rings. The van der Waals surface area contributed by atoms with Crippen molar-refractivity contribution in [2.24, 2.45) is 11.8 Å². The van der Waals surface area contributed by atoms with Crippen LogP contribution in [0.5, 0.6) is 0 Å². The molecule has 2 N–H and O–H groups in total. The Morgan fingerprint density at radius 3 is 2.45 bits per heavy atom. The lowest BCUT2D eigenvalue weighted by Crippen LogP contribution is -2.45. The smallest absolute Gasteiger partial charge is 0.222 e. The Hall–Kier alpha value is -2.58. The van der Waals surface area contributed by atoms with Crippen molar-refractivity contribution in [2.45, 2.75) is 64.1 Å². The number of aromatic nitrogens is 3. The van der Waals surface area contributed by atoms with Gasteiger partial charge in [-0.3, -0.25) is 9.69 Å². The Kier molecular flexibility index (Phi) is 6.05. The molecule has 0 aromatic carbocycles. The van der Waals surface area contributed by atoms with Gasteiger partial charge in [-0.05, 0) is 75.6 Å². The molecular weight excluding hydrogens is 416 g/mol. The number of hydrogen-bond acceptors (Lipinski definition) is 7. The van der Waals surface area contributed by atoms with Crippen LogP contribution in [0.1, 0.15) is 46.5 Å².